The van der Waals surface area contributed by atoms with Gasteiger partial charge in [0.1, 0.15) is 0 Å². The molecule has 1 heterocycles. The molecule has 184 valence electrons. The van der Waals surface area contributed by atoms with E-state index in [1.165, 1.54) is 51.9 Å². The monoisotopic (exact) mass is 500 g/mol. The summed E-state index contributed by atoms with van der Waals surface area (Å²) < 4.78 is 26.1. The summed E-state index contributed by atoms with van der Waals surface area (Å²) in [6.45, 7) is -0.570. The summed E-state index contributed by atoms with van der Waals surface area (Å²) in [5, 5.41) is 7.06. The molecular formula is C24H24N2O8S. The Morgan fingerprint density at radius 2 is 1.46 bits per heavy atom. The van der Waals surface area contributed by atoms with Crippen molar-refractivity contribution >= 4 is 40.5 Å². The van der Waals surface area contributed by atoms with Gasteiger partial charge in [0.2, 0.25) is 0 Å². The molecule has 1 aromatic heterocycles. The molecular weight excluding hydrogens is 476 g/mol. The first kappa shape index (κ1) is 25.4. The van der Waals surface area contributed by atoms with Gasteiger partial charge in [-0.2, -0.15) is 0 Å². The van der Waals surface area contributed by atoms with Gasteiger partial charge in [-0.05, 0) is 23.6 Å². The number of amides is 2. The molecule has 0 saturated carbocycles. The van der Waals surface area contributed by atoms with Crippen LogP contribution < -0.4 is 29.6 Å². The average molecular weight is 501 g/mol. The molecule has 0 unspecified atom stereocenters. The maximum Gasteiger partial charge on any atom is 0.340 e. The van der Waals surface area contributed by atoms with E-state index in [9.17, 15) is 14.4 Å². The van der Waals surface area contributed by atoms with Crippen LogP contribution in [0, 0.1) is 0 Å². The molecule has 11 heteroatoms. The van der Waals surface area contributed by atoms with Gasteiger partial charge in [-0.3, -0.25) is 9.59 Å². The van der Waals surface area contributed by atoms with Crippen LogP contribution in [-0.2, 0) is 9.53 Å². The number of rotatable bonds is 10. The summed E-state index contributed by atoms with van der Waals surface area (Å²) in [6.07, 6.45) is 0. The first-order chi connectivity index (χ1) is 16.9. The number of carbonyl (C=O) groups is 3. The Hall–Kier alpha value is -4.25. The van der Waals surface area contributed by atoms with Crippen molar-refractivity contribution in [3.05, 3.63) is 58.3 Å². The molecule has 0 atom stereocenters. The fraction of sp³-hybridized carbons (Fsp3) is 0.208. The van der Waals surface area contributed by atoms with Crippen LogP contribution >= 0.6 is 11.3 Å². The van der Waals surface area contributed by atoms with Crippen LogP contribution in [0.15, 0.2) is 47.8 Å². The first-order valence-corrected chi connectivity index (χ1v) is 11.1. The van der Waals surface area contributed by atoms with Crippen LogP contribution in [0.3, 0.4) is 0 Å². The number of hydrogen-bond donors (Lipinski definition) is 2. The second kappa shape index (κ2) is 11.7. The molecule has 0 saturated heterocycles. The van der Waals surface area contributed by atoms with Gasteiger partial charge in [0.05, 0.1) is 44.6 Å². The Kier molecular flexibility index (Phi) is 8.52. The zero-order valence-corrected chi connectivity index (χ0v) is 20.3. The summed E-state index contributed by atoms with van der Waals surface area (Å²) in [7, 11) is 5.82. The smallest absolute Gasteiger partial charge is 0.340 e. The lowest BCUT2D eigenvalue weighted by Gasteiger charge is -2.15. The molecule has 10 nitrogen and oxygen atoms in total. The van der Waals surface area contributed by atoms with E-state index in [1.54, 1.807) is 35.7 Å². The molecule has 2 amide bonds. The number of benzene rings is 2. The number of methoxy groups -OCH3 is 4. The van der Waals surface area contributed by atoms with E-state index in [0.29, 0.717) is 27.8 Å². The highest BCUT2D eigenvalue weighted by molar-refractivity contribution is 7.12. The third kappa shape index (κ3) is 6.21. The standard InChI is InChI=1S/C24H24N2O8S/c1-30-17-8-7-14(10-18(17)31-2)25-22(27)13-34-24(29)15-11-19(32-3)20(33-4)12-16(15)26-23(28)21-6-5-9-35-21/h5-12H,13H2,1-4H3,(H,25,27)(H,26,28). The van der Waals surface area contributed by atoms with Crippen LogP contribution in [0.5, 0.6) is 23.0 Å². The van der Waals surface area contributed by atoms with Crippen molar-refractivity contribution in [2.24, 2.45) is 0 Å². The van der Waals surface area contributed by atoms with Crippen molar-refractivity contribution in [2.75, 3.05) is 45.7 Å². The molecule has 35 heavy (non-hydrogen) atoms. The molecule has 2 N–H and O–H groups in total. The summed E-state index contributed by atoms with van der Waals surface area (Å²) >= 11 is 1.25. The number of carbonyl (C=O) groups excluding carboxylic acids is 3. The molecule has 0 aliphatic rings. The highest BCUT2D eigenvalue weighted by Gasteiger charge is 2.21. The molecule has 0 radical (unpaired) electrons. The highest BCUT2D eigenvalue weighted by Crippen LogP contribution is 2.34. The average Bonchev–Trinajstić information content (AvgIpc) is 3.42. The predicted octanol–water partition coefficient (Wildman–Crippen LogP) is 3.83. The summed E-state index contributed by atoms with van der Waals surface area (Å²) in [5.74, 6) is -0.334. The van der Waals surface area contributed by atoms with Gasteiger partial charge in [0.15, 0.2) is 29.6 Å². The van der Waals surface area contributed by atoms with Gasteiger partial charge in [-0.15, -0.1) is 11.3 Å². The first-order valence-electron chi connectivity index (χ1n) is 10.2. The molecule has 0 aliphatic heterocycles. The molecule has 2 aromatic carbocycles. The zero-order valence-electron chi connectivity index (χ0n) is 19.5. The van der Waals surface area contributed by atoms with E-state index in [-0.39, 0.29) is 17.0 Å². The summed E-state index contributed by atoms with van der Waals surface area (Å²) in [6, 6.07) is 11.0. The van der Waals surface area contributed by atoms with Crippen molar-refractivity contribution < 1.29 is 38.1 Å². The second-order valence-corrected chi connectivity index (χ2v) is 7.83. The van der Waals surface area contributed by atoms with Crippen molar-refractivity contribution in [1.82, 2.24) is 0 Å². The number of anilines is 2. The van der Waals surface area contributed by atoms with Crippen molar-refractivity contribution in [3.63, 3.8) is 0 Å². The largest absolute Gasteiger partial charge is 0.493 e. The quantitative estimate of drug-likeness (QED) is 0.403. The summed E-state index contributed by atoms with van der Waals surface area (Å²) in [5.41, 5.74) is 0.566. The maximum atomic E-state index is 12.9. The van der Waals surface area contributed by atoms with Gasteiger partial charge < -0.3 is 34.3 Å². The number of esters is 1. The van der Waals surface area contributed by atoms with Gasteiger partial charge in [-0.1, -0.05) is 6.07 Å². The molecule has 0 spiro atoms. The fourth-order valence-electron chi connectivity index (χ4n) is 3.06. The van der Waals surface area contributed by atoms with E-state index in [0.717, 1.165) is 0 Å². The minimum Gasteiger partial charge on any atom is -0.493 e. The van der Waals surface area contributed by atoms with Crippen LogP contribution in [0.1, 0.15) is 20.0 Å². The minimum absolute atomic E-state index is 0.00790. The van der Waals surface area contributed by atoms with Gasteiger partial charge in [-0.25, -0.2) is 4.79 Å². The molecule has 0 bridgehead atoms. The summed E-state index contributed by atoms with van der Waals surface area (Å²) in [4.78, 5) is 38.2. The zero-order chi connectivity index (χ0) is 25.4. The second-order valence-electron chi connectivity index (χ2n) is 6.88. The number of thiophene rings is 1. The van der Waals surface area contributed by atoms with Crippen molar-refractivity contribution in [2.45, 2.75) is 0 Å². The van der Waals surface area contributed by atoms with Gasteiger partial charge in [0, 0.05) is 23.9 Å². The third-order valence-electron chi connectivity index (χ3n) is 4.74. The Morgan fingerprint density at radius 1 is 0.800 bits per heavy atom. The fourth-order valence-corrected chi connectivity index (χ4v) is 3.68. The normalized spacial score (nSPS) is 10.2. The molecule has 0 fully saturated rings. The molecule has 0 aliphatic carbocycles. The Morgan fingerprint density at radius 3 is 2.09 bits per heavy atom. The lowest BCUT2D eigenvalue weighted by Crippen LogP contribution is -2.22. The lowest BCUT2D eigenvalue weighted by atomic mass is 10.1. The van der Waals surface area contributed by atoms with E-state index in [1.807, 2.05) is 0 Å². The van der Waals surface area contributed by atoms with Crippen LogP contribution in [0.4, 0.5) is 11.4 Å². The molecule has 3 aromatic rings. The topological polar surface area (TPSA) is 121 Å². The Bertz CT molecular complexity index is 1210. The van der Waals surface area contributed by atoms with Crippen LogP contribution in [-0.4, -0.2) is 52.8 Å². The predicted molar refractivity (Wildman–Crippen MR) is 130 cm³/mol. The van der Waals surface area contributed by atoms with Gasteiger partial charge in [0.25, 0.3) is 11.8 Å². The minimum atomic E-state index is -0.838. The van der Waals surface area contributed by atoms with Crippen molar-refractivity contribution in [3.8, 4) is 23.0 Å². The van der Waals surface area contributed by atoms with Gasteiger partial charge >= 0.3 is 5.97 Å². The third-order valence-corrected chi connectivity index (χ3v) is 5.61. The van der Waals surface area contributed by atoms with E-state index >= 15 is 0 Å². The maximum absolute atomic E-state index is 12.9. The van der Waals surface area contributed by atoms with E-state index in [4.69, 9.17) is 23.7 Å². The number of ether oxygens (including phenoxy) is 5. The van der Waals surface area contributed by atoms with E-state index < -0.39 is 24.4 Å². The molecule has 3 rings (SSSR count). The Labute approximate surface area is 205 Å². The Balaban J connectivity index is 1.75. The lowest BCUT2D eigenvalue weighted by molar-refractivity contribution is -0.119. The number of hydrogen-bond acceptors (Lipinski definition) is 9. The number of nitrogens with one attached hydrogen (secondary N) is 2. The highest BCUT2D eigenvalue weighted by atomic mass is 32.1. The SMILES string of the molecule is COc1ccc(NC(=O)COC(=O)c2cc(OC)c(OC)cc2NC(=O)c2cccs2)cc1OC. The van der Waals surface area contributed by atoms with Crippen LogP contribution in [0.2, 0.25) is 0 Å². The van der Waals surface area contributed by atoms with E-state index in [2.05, 4.69) is 10.6 Å². The van der Waals surface area contributed by atoms with Crippen LogP contribution in [0.25, 0.3) is 0 Å². The van der Waals surface area contributed by atoms with Crippen molar-refractivity contribution in [1.29, 1.82) is 0 Å².